The number of benzene rings is 1. The molecule has 0 saturated heterocycles. The standard InChI is InChI=1S/C12H15FO5/c1-18-11(16)5-10(15)12(17)7-2-3-8(6-14)9(13)4-7/h2-4,10,12,14-15,17H,5-6H2,1H3. The Morgan fingerprint density at radius 3 is 2.61 bits per heavy atom. The van der Waals surface area contributed by atoms with Crippen LogP contribution < -0.4 is 0 Å². The molecule has 0 aromatic heterocycles. The van der Waals surface area contributed by atoms with Crippen LogP contribution in [-0.4, -0.2) is 34.5 Å². The van der Waals surface area contributed by atoms with Crippen LogP contribution in [0.3, 0.4) is 0 Å². The van der Waals surface area contributed by atoms with Gasteiger partial charge in [-0.2, -0.15) is 0 Å². The van der Waals surface area contributed by atoms with E-state index in [9.17, 15) is 19.4 Å². The number of hydrogen-bond donors (Lipinski definition) is 3. The molecule has 5 nitrogen and oxygen atoms in total. The van der Waals surface area contributed by atoms with Crippen molar-refractivity contribution >= 4 is 5.97 Å². The fourth-order valence-corrected chi connectivity index (χ4v) is 1.46. The summed E-state index contributed by atoms with van der Waals surface area (Å²) in [6.45, 7) is -0.451. The summed E-state index contributed by atoms with van der Waals surface area (Å²) >= 11 is 0. The fraction of sp³-hybridized carbons (Fsp3) is 0.417. The van der Waals surface area contributed by atoms with E-state index in [-0.39, 0.29) is 17.5 Å². The van der Waals surface area contributed by atoms with Crippen LogP contribution in [0.5, 0.6) is 0 Å². The Morgan fingerprint density at radius 2 is 2.11 bits per heavy atom. The lowest BCUT2D eigenvalue weighted by Gasteiger charge is -2.17. The van der Waals surface area contributed by atoms with E-state index in [4.69, 9.17) is 5.11 Å². The Labute approximate surface area is 103 Å². The zero-order valence-electron chi connectivity index (χ0n) is 9.84. The van der Waals surface area contributed by atoms with E-state index < -0.39 is 30.6 Å². The van der Waals surface area contributed by atoms with E-state index >= 15 is 0 Å². The minimum atomic E-state index is -1.40. The van der Waals surface area contributed by atoms with Crippen LogP contribution in [-0.2, 0) is 16.1 Å². The van der Waals surface area contributed by atoms with Gasteiger partial charge < -0.3 is 20.1 Å². The van der Waals surface area contributed by atoms with Gasteiger partial charge in [0.2, 0.25) is 0 Å². The molecule has 0 saturated carbocycles. The van der Waals surface area contributed by atoms with E-state index in [0.717, 1.165) is 13.2 Å². The predicted octanol–water partition coefficient (Wildman–Crippen LogP) is 0.275. The van der Waals surface area contributed by atoms with Gasteiger partial charge in [0.05, 0.1) is 26.2 Å². The highest BCUT2D eigenvalue weighted by Gasteiger charge is 2.22. The van der Waals surface area contributed by atoms with E-state index in [1.165, 1.54) is 12.1 Å². The largest absolute Gasteiger partial charge is 0.469 e. The maximum atomic E-state index is 13.4. The van der Waals surface area contributed by atoms with Crippen molar-refractivity contribution in [2.45, 2.75) is 25.2 Å². The molecular formula is C12H15FO5. The van der Waals surface area contributed by atoms with Crippen LogP contribution in [0.15, 0.2) is 18.2 Å². The Morgan fingerprint density at radius 1 is 1.44 bits per heavy atom. The third kappa shape index (κ3) is 3.49. The molecule has 0 bridgehead atoms. The SMILES string of the molecule is COC(=O)CC(O)C(O)c1ccc(CO)c(F)c1. The molecule has 0 aliphatic carbocycles. The lowest BCUT2D eigenvalue weighted by Crippen LogP contribution is -2.22. The number of rotatable bonds is 5. The van der Waals surface area contributed by atoms with Gasteiger partial charge in [0.25, 0.3) is 0 Å². The molecule has 18 heavy (non-hydrogen) atoms. The zero-order valence-corrected chi connectivity index (χ0v) is 9.84. The summed E-state index contributed by atoms with van der Waals surface area (Å²) in [6.07, 6.45) is -3.16. The molecule has 6 heteroatoms. The van der Waals surface area contributed by atoms with Crippen LogP contribution >= 0.6 is 0 Å². The van der Waals surface area contributed by atoms with Gasteiger partial charge in [0.1, 0.15) is 11.9 Å². The first-order valence-corrected chi connectivity index (χ1v) is 5.31. The summed E-state index contributed by atoms with van der Waals surface area (Å²) in [7, 11) is 1.16. The van der Waals surface area contributed by atoms with Crippen molar-refractivity contribution in [3.05, 3.63) is 35.1 Å². The number of esters is 1. The molecule has 1 aromatic rings. The fourth-order valence-electron chi connectivity index (χ4n) is 1.46. The van der Waals surface area contributed by atoms with Crippen molar-refractivity contribution in [2.75, 3.05) is 7.11 Å². The highest BCUT2D eigenvalue weighted by Crippen LogP contribution is 2.21. The average Bonchev–Trinajstić information content (AvgIpc) is 2.37. The zero-order chi connectivity index (χ0) is 13.7. The van der Waals surface area contributed by atoms with E-state index in [2.05, 4.69) is 4.74 Å². The minimum Gasteiger partial charge on any atom is -0.469 e. The van der Waals surface area contributed by atoms with Gasteiger partial charge in [-0.3, -0.25) is 4.79 Å². The quantitative estimate of drug-likeness (QED) is 0.660. The van der Waals surface area contributed by atoms with Gasteiger partial charge in [-0.1, -0.05) is 12.1 Å². The topological polar surface area (TPSA) is 87.0 Å². The Kier molecular flexibility index (Phi) is 5.21. The molecule has 0 heterocycles. The maximum absolute atomic E-state index is 13.4. The number of carbonyl (C=O) groups is 1. The molecule has 3 N–H and O–H groups in total. The van der Waals surface area contributed by atoms with Gasteiger partial charge in [0.15, 0.2) is 0 Å². The van der Waals surface area contributed by atoms with E-state index in [1.807, 2.05) is 0 Å². The van der Waals surface area contributed by atoms with Crippen LogP contribution in [0.4, 0.5) is 4.39 Å². The first-order chi connectivity index (χ1) is 8.49. The van der Waals surface area contributed by atoms with E-state index in [1.54, 1.807) is 0 Å². The molecule has 0 amide bonds. The second-order valence-corrected chi connectivity index (χ2v) is 3.80. The summed E-state index contributed by atoms with van der Waals surface area (Å²) < 4.78 is 17.7. The maximum Gasteiger partial charge on any atom is 0.308 e. The number of aliphatic hydroxyl groups excluding tert-OH is 3. The number of methoxy groups -OCH3 is 1. The Bertz CT molecular complexity index is 421. The molecule has 1 aromatic carbocycles. The molecule has 2 unspecified atom stereocenters. The summed E-state index contributed by atoms with van der Waals surface area (Å²) in [5.41, 5.74) is 0.217. The van der Waals surface area contributed by atoms with Crippen LogP contribution in [0, 0.1) is 5.82 Å². The summed E-state index contributed by atoms with van der Waals surface area (Å²) in [4.78, 5) is 10.9. The molecule has 100 valence electrons. The van der Waals surface area contributed by atoms with Crippen molar-refractivity contribution in [3.8, 4) is 0 Å². The van der Waals surface area contributed by atoms with Crippen LogP contribution in [0.25, 0.3) is 0 Å². The first-order valence-electron chi connectivity index (χ1n) is 5.31. The monoisotopic (exact) mass is 258 g/mol. The van der Waals surface area contributed by atoms with Crippen molar-refractivity contribution in [3.63, 3.8) is 0 Å². The lowest BCUT2D eigenvalue weighted by molar-refractivity contribution is -0.144. The highest BCUT2D eigenvalue weighted by molar-refractivity contribution is 5.69. The molecule has 0 spiro atoms. The van der Waals surface area contributed by atoms with Crippen LogP contribution in [0.2, 0.25) is 0 Å². The summed E-state index contributed by atoms with van der Waals surface area (Å²) in [6, 6.07) is 3.69. The molecular weight excluding hydrogens is 243 g/mol. The first kappa shape index (κ1) is 14.6. The normalized spacial score (nSPS) is 14.1. The predicted molar refractivity (Wildman–Crippen MR) is 59.9 cm³/mol. The second-order valence-electron chi connectivity index (χ2n) is 3.80. The summed E-state index contributed by atoms with van der Waals surface area (Å²) in [5, 5.41) is 28.1. The van der Waals surface area contributed by atoms with Gasteiger partial charge in [-0.25, -0.2) is 4.39 Å². The Hall–Kier alpha value is -1.50. The van der Waals surface area contributed by atoms with Crippen molar-refractivity contribution in [2.24, 2.45) is 0 Å². The molecule has 0 aliphatic heterocycles. The molecule has 0 aliphatic rings. The number of aliphatic hydroxyl groups is 3. The highest BCUT2D eigenvalue weighted by atomic mass is 19.1. The molecule has 0 radical (unpaired) electrons. The number of ether oxygens (including phenoxy) is 1. The van der Waals surface area contributed by atoms with Crippen LogP contribution in [0.1, 0.15) is 23.7 Å². The molecule has 2 atom stereocenters. The van der Waals surface area contributed by atoms with Crippen molar-refractivity contribution in [1.29, 1.82) is 0 Å². The van der Waals surface area contributed by atoms with Gasteiger partial charge >= 0.3 is 5.97 Å². The molecule has 1 rings (SSSR count). The minimum absolute atomic E-state index is 0.0911. The van der Waals surface area contributed by atoms with Crippen molar-refractivity contribution < 1.29 is 29.2 Å². The smallest absolute Gasteiger partial charge is 0.308 e. The number of halogens is 1. The average molecular weight is 258 g/mol. The lowest BCUT2D eigenvalue weighted by atomic mass is 10.0. The third-order valence-corrected chi connectivity index (χ3v) is 2.56. The second kappa shape index (κ2) is 6.44. The summed E-state index contributed by atoms with van der Waals surface area (Å²) in [5.74, 6) is -1.35. The number of hydrogen-bond acceptors (Lipinski definition) is 5. The van der Waals surface area contributed by atoms with E-state index in [0.29, 0.717) is 0 Å². The van der Waals surface area contributed by atoms with Gasteiger partial charge in [-0.15, -0.1) is 0 Å². The van der Waals surface area contributed by atoms with Gasteiger partial charge in [-0.05, 0) is 11.6 Å². The Balaban J connectivity index is 2.80. The van der Waals surface area contributed by atoms with Gasteiger partial charge in [0, 0.05) is 5.56 Å². The third-order valence-electron chi connectivity index (χ3n) is 2.56. The molecule has 0 fully saturated rings. The van der Waals surface area contributed by atoms with Crippen molar-refractivity contribution in [1.82, 2.24) is 0 Å². The number of carbonyl (C=O) groups excluding carboxylic acids is 1.